The van der Waals surface area contributed by atoms with Crippen molar-refractivity contribution in [2.75, 3.05) is 6.61 Å². The zero-order valence-electron chi connectivity index (χ0n) is 8.70. The van der Waals surface area contributed by atoms with Gasteiger partial charge in [0.05, 0.1) is 0 Å². The van der Waals surface area contributed by atoms with Gasteiger partial charge in [-0.05, 0) is 32.1 Å². The second-order valence-corrected chi connectivity index (χ2v) is 4.19. The lowest BCUT2D eigenvalue weighted by Crippen LogP contribution is -2.37. The minimum absolute atomic E-state index is 0.00495. The number of amides is 1. The second-order valence-electron chi connectivity index (χ2n) is 4.19. The van der Waals surface area contributed by atoms with Gasteiger partial charge in [0, 0.05) is 25.1 Å². The van der Waals surface area contributed by atoms with Gasteiger partial charge in [-0.2, -0.15) is 0 Å². The molecule has 2 atom stereocenters. The van der Waals surface area contributed by atoms with Crippen LogP contribution in [0.4, 0.5) is 0 Å². The number of nitrogens with two attached hydrogens (primary N) is 1. The Hall–Kier alpha value is -0.610. The summed E-state index contributed by atoms with van der Waals surface area (Å²) in [7, 11) is 0. The van der Waals surface area contributed by atoms with Gasteiger partial charge in [-0.3, -0.25) is 4.79 Å². The van der Waals surface area contributed by atoms with Crippen molar-refractivity contribution in [2.45, 2.75) is 44.7 Å². The minimum atomic E-state index is 0.00495. The highest BCUT2D eigenvalue weighted by atomic mass is 16.3. The molecule has 0 aliphatic heterocycles. The molecule has 1 aliphatic carbocycles. The number of hydrogen-bond donors (Lipinski definition) is 3. The number of hydrogen-bond acceptors (Lipinski definition) is 3. The molecule has 0 aromatic carbocycles. The Bertz CT molecular complexity index is 193. The summed E-state index contributed by atoms with van der Waals surface area (Å²) in [6.07, 6.45) is 3.35. The predicted octanol–water partition coefficient (Wildman–Crippen LogP) is 0.000900. The van der Waals surface area contributed by atoms with Crippen molar-refractivity contribution >= 4 is 5.91 Å². The van der Waals surface area contributed by atoms with Gasteiger partial charge in [-0.25, -0.2) is 0 Å². The van der Waals surface area contributed by atoms with Gasteiger partial charge in [-0.15, -0.1) is 0 Å². The molecule has 4 N–H and O–H groups in total. The van der Waals surface area contributed by atoms with E-state index in [1.165, 1.54) is 12.8 Å². The van der Waals surface area contributed by atoms with Gasteiger partial charge in [-0.1, -0.05) is 0 Å². The van der Waals surface area contributed by atoms with Crippen molar-refractivity contribution in [1.29, 1.82) is 0 Å². The van der Waals surface area contributed by atoms with Gasteiger partial charge in [0.25, 0.3) is 0 Å². The minimum Gasteiger partial charge on any atom is -0.396 e. The third-order valence-electron chi connectivity index (χ3n) is 2.62. The maximum atomic E-state index is 11.4. The van der Waals surface area contributed by atoms with E-state index < -0.39 is 0 Å². The third-order valence-corrected chi connectivity index (χ3v) is 2.62. The fourth-order valence-electron chi connectivity index (χ4n) is 1.50. The van der Waals surface area contributed by atoms with E-state index in [9.17, 15) is 4.79 Å². The van der Waals surface area contributed by atoms with Crippen LogP contribution >= 0.6 is 0 Å². The zero-order chi connectivity index (χ0) is 10.6. The van der Waals surface area contributed by atoms with Gasteiger partial charge < -0.3 is 16.2 Å². The molecular formula is C10H20N2O2. The van der Waals surface area contributed by atoms with Gasteiger partial charge >= 0.3 is 0 Å². The SMILES string of the molecule is CC(CCO)NC(=O)CC(N)C1CC1. The molecule has 0 bridgehead atoms. The van der Waals surface area contributed by atoms with Crippen LogP contribution in [0.3, 0.4) is 0 Å². The predicted molar refractivity (Wildman–Crippen MR) is 54.6 cm³/mol. The Morgan fingerprint density at radius 2 is 2.29 bits per heavy atom. The first-order valence-corrected chi connectivity index (χ1v) is 5.29. The van der Waals surface area contributed by atoms with E-state index in [0.29, 0.717) is 18.8 Å². The Kier molecular flexibility index (Phi) is 4.35. The average Bonchev–Trinajstić information content (AvgIpc) is 2.85. The molecule has 0 aromatic heterocycles. The van der Waals surface area contributed by atoms with Crippen molar-refractivity contribution in [3.8, 4) is 0 Å². The van der Waals surface area contributed by atoms with Crippen LogP contribution in [0.15, 0.2) is 0 Å². The number of rotatable bonds is 6. The molecule has 2 unspecified atom stereocenters. The highest BCUT2D eigenvalue weighted by molar-refractivity contribution is 5.76. The van der Waals surface area contributed by atoms with Crippen LogP contribution in [0, 0.1) is 5.92 Å². The lowest BCUT2D eigenvalue weighted by Gasteiger charge is -2.14. The van der Waals surface area contributed by atoms with Crippen LogP contribution in [-0.4, -0.2) is 29.7 Å². The Morgan fingerprint density at radius 1 is 1.64 bits per heavy atom. The standard InChI is InChI=1S/C10H20N2O2/c1-7(4-5-13)12-10(14)6-9(11)8-2-3-8/h7-9,13H,2-6,11H2,1H3,(H,12,14). The van der Waals surface area contributed by atoms with Crippen molar-refractivity contribution in [2.24, 2.45) is 11.7 Å². The molecule has 0 radical (unpaired) electrons. The molecule has 14 heavy (non-hydrogen) atoms. The summed E-state index contributed by atoms with van der Waals surface area (Å²) in [6, 6.07) is 0.0650. The highest BCUT2D eigenvalue weighted by Crippen LogP contribution is 2.32. The highest BCUT2D eigenvalue weighted by Gasteiger charge is 2.29. The Balaban J connectivity index is 2.13. The van der Waals surface area contributed by atoms with Gasteiger partial charge in [0.2, 0.25) is 5.91 Å². The molecular weight excluding hydrogens is 180 g/mol. The topological polar surface area (TPSA) is 75.3 Å². The van der Waals surface area contributed by atoms with Crippen LogP contribution in [-0.2, 0) is 4.79 Å². The molecule has 0 heterocycles. The van der Waals surface area contributed by atoms with E-state index in [0.717, 1.165) is 0 Å². The van der Waals surface area contributed by atoms with Crippen LogP contribution < -0.4 is 11.1 Å². The first kappa shape index (κ1) is 11.5. The van der Waals surface area contributed by atoms with Crippen LogP contribution in [0.5, 0.6) is 0 Å². The average molecular weight is 200 g/mol. The fraction of sp³-hybridized carbons (Fsp3) is 0.900. The van der Waals surface area contributed by atoms with Crippen LogP contribution in [0.2, 0.25) is 0 Å². The van der Waals surface area contributed by atoms with E-state index in [2.05, 4.69) is 5.32 Å². The molecule has 0 saturated heterocycles. The lowest BCUT2D eigenvalue weighted by atomic mass is 10.1. The van der Waals surface area contributed by atoms with Crippen molar-refractivity contribution < 1.29 is 9.90 Å². The first-order valence-electron chi connectivity index (χ1n) is 5.29. The Labute approximate surface area is 84.9 Å². The molecule has 1 fully saturated rings. The van der Waals surface area contributed by atoms with Crippen LogP contribution in [0.25, 0.3) is 0 Å². The van der Waals surface area contributed by atoms with Gasteiger partial charge in [0.15, 0.2) is 0 Å². The molecule has 4 nitrogen and oxygen atoms in total. The Morgan fingerprint density at radius 3 is 2.79 bits per heavy atom. The van der Waals surface area contributed by atoms with Crippen molar-refractivity contribution in [3.63, 3.8) is 0 Å². The zero-order valence-corrected chi connectivity index (χ0v) is 8.70. The van der Waals surface area contributed by atoms with Crippen molar-refractivity contribution in [3.05, 3.63) is 0 Å². The fourth-order valence-corrected chi connectivity index (χ4v) is 1.50. The number of aliphatic hydroxyl groups is 1. The largest absolute Gasteiger partial charge is 0.396 e. The summed E-state index contributed by atoms with van der Waals surface area (Å²) >= 11 is 0. The summed E-state index contributed by atoms with van der Waals surface area (Å²) < 4.78 is 0. The number of nitrogens with one attached hydrogen (secondary N) is 1. The smallest absolute Gasteiger partial charge is 0.221 e. The quantitative estimate of drug-likeness (QED) is 0.565. The van der Waals surface area contributed by atoms with Crippen LogP contribution in [0.1, 0.15) is 32.6 Å². The molecule has 1 amide bonds. The molecule has 0 spiro atoms. The molecule has 1 rings (SSSR count). The van der Waals surface area contributed by atoms with Gasteiger partial charge in [0.1, 0.15) is 0 Å². The first-order chi connectivity index (χ1) is 6.63. The molecule has 1 saturated carbocycles. The van der Waals surface area contributed by atoms with E-state index in [-0.39, 0.29) is 24.6 Å². The summed E-state index contributed by atoms with van der Waals surface area (Å²) in [5.74, 6) is 0.569. The third kappa shape index (κ3) is 4.07. The monoisotopic (exact) mass is 200 g/mol. The molecule has 4 heteroatoms. The molecule has 82 valence electrons. The second kappa shape index (κ2) is 5.32. The molecule has 0 aromatic rings. The maximum absolute atomic E-state index is 11.4. The summed E-state index contributed by atoms with van der Waals surface area (Å²) in [4.78, 5) is 11.4. The van der Waals surface area contributed by atoms with E-state index in [1.54, 1.807) is 0 Å². The number of carbonyl (C=O) groups excluding carboxylic acids is 1. The summed E-state index contributed by atoms with van der Waals surface area (Å²) in [5.41, 5.74) is 5.82. The normalized spacial score (nSPS) is 20.2. The number of aliphatic hydroxyl groups excluding tert-OH is 1. The lowest BCUT2D eigenvalue weighted by molar-refractivity contribution is -0.122. The van der Waals surface area contributed by atoms with E-state index >= 15 is 0 Å². The summed E-state index contributed by atoms with van der Waals surface area (Å²) in [5, 5.41) is 11.5. The number of carbonyl (C=O) groups is 1. The maximum Gasteiger partial charge on any atom is 0.221 e. The molecule has 1 aliphatic rings. The van der Waals surface area contributed by atoms with Crippen molar-refractivity contribution in [1.82, 2.24) is 5.32 Å². The van der Waals surface area contributed by atoms with E-state index in [1.807, 2.05) is 6.92 Å². The summed E-state index contributed by atoms with van der Waals surface area (Å²) in [6.45, 7) is 1.99. The van der Waals surface area contributed by atoms with E-state index in [4.69, 9.17) is 10.8 Å².